The number of anilines is 1. The summed E-state index contributed by atoms with van der Waals surface area (Å²) in [4.78, 5) is 14.8. The second-order valence-electron chi connectivity index (χ2n) is 7.17. The van der Waals surface area contributed by atoms with E-state index in [1.165, 1.54) is 11.3 Å². The van der Waals surface area contributed by atoms with Crippen LogP contribution in [0.2, 0.25) is 0 Å². The number of methoxy groups -OCH3 is 1. The number of carbonyl (C=O) groups excluding carboxylic acids is 1. The summed E-state index contributed by atoms with van der Waals surface area (Å²) in [6.45, 7) is 11.6. The first kappa shape index (κ1) is 20.3. The van der Waals surface area contributed by atoms with Crippen LogP contribution in [0.4, 0.5) is 5.69 Å². The first-order valence-corrected chi connectivity index (χ1v) is 9.69. The molecule has 1 amide bonds. The van der Waals surface area contributed by atoms with Gasteiger partial charge in [0.05, 0.1) is 13.7 Å². The van der Waals surface area contributed by atoms with Gasteiger partial charge in [-0.3, -0.25) is 9.69 Å². The van der Waals surface area contributed by atoms with Crippen LogP contribution in [-0.2, 0) is 6.54 Å². The third kappa shape index (κ3) is 6.38. The number of ether oxygens (including phenoxy) is 1. The van der Waals surface area contributed by atoms with E-state index < -0.39 is 0 Å². The van der Waals surface area contributed by atoms with E-state index in [9.17, 15) is 4.79 Å². The zero-order valence-corrected chi connectivity index (χ0v) is 17.0. The van der Waals surface area contributed by atoms with Gasteiger partial charge >= 0.3 is 0 Å². The normalized spacial score (nSPS) is 11.4. The summed E-state index contributed by atoms with van der Waals surface area (Å²) in [7, 11) is 1.61. The minimum absolute atomic E-state index is 0.238. The van der Waals surface area contributed by atoms with Crippen molar-refractivity contribution in [2.24, 2.45) is 11.8 Å². The Kier molecular flexibility index (Phi) is 7.53. The molecule has 0 aliphatic rings. The molecule has 142 valence electrons. The lowest BCUT2D eigenvalue weighted by molar-refractivity contribution is 0.102. The molecule has 26 heavy (non-hydrogen) atoms. The Bertz CT molecular complexity index is 688. The summed E-state index contributed by atoms with van der Waals surface area (Å²) in [6.07, 6.45) is 0. The lowest BCUT2D eigenvalue weighted by atomic mass is 10.1. The Balaban J connectivity index is 1.99. The highest BCUT2D eigenvalue weighted by Crippen LogP contribution is 2.18. The SMILES string of the molecule is COc1ccc(NC(=O)c2nnc(CN(CC(C)C)CC(C)C)s2)cc1. The molecule has 0 fully saturated rings. The molecule has 0 saturated heterocycles. The van der Waals surface area contributed by atoms with Crippen LogP contribution in [-0.4, -0.2) is 41.2 Å². The Morgan fingerprint density at radius 1 is 1.12 bits per heavy atom. The predicted octanol–water partition coefficient (Wildman–Crippen LogP) is 3.91. The summed E-state index contributed by atoms with van der Waals surface area (Å²) < 4.78 is 5.12. The Hall–Kier alpha value is -1.99. The van der Waals surface area contributed by atoms with Crippen molar-refractivity contribution in [1.82, 2.24) is 15.1 Å². The van der Waals surface area contributed by atoms with Gasteiger partial charge in [0.2, 0.25) is 5.01 Å². The fourth-order valence-electron chi connectivity index (χ4n) is 2.70. The lowest BCUT2D eigenvalue weighted by Crippen LogP contribution is -2.30. The number of hydrogen-bond acceptors (Lipinski definition) is 6. The molecule has 0 radical (unpaired) electrons. The van der Waals surface area contributed by atoms with Crippen molar-refractivity contribution in [3.05, 3.63) is 34.3 Å². The maximum absolute atomic E-state index is 12.4. The van der Waals surface area contributed by atoms with Gasteiger partial charge in [-0.25, -0.2) is 0 Å². The topological polar surface area (TPSA) is 67.3 Å². The number of hydrogen-bond donors (Lipinski definition) is 1. The van der Waals surface area contributed by atoms with Crippen molar-refractivity contribution >= 4 is 22.9 Å². The summed E-state index contributed by atoms with van der Waals surface area (Å²) in [5.74, 6) is 1.67. The number of carbonyl (C=O) groups is 1. The van der Waals surface area contributed by atoms with Crippen LogP contribution in [0, 0.1) is 11.8 Å². The molecule has 2 rings (SSSR count). The zero-order valence-electron chi connectivity index (χ0n) is 16.2. The molecular formula is C19H28N4O2S. The first-order valence-electron chi connectivity index (χ1n) is 8.87. The molecule has 0 unspecified atom stereocenters. The Morgan fingerprint density at radius 2 is 1.73 bits per heavy atom. The predicted molar refractivity (Wildman–Crippen MR) is 106 cm³/mol. The maximum atomic E-state index is 12.4. The minimum Gasteiger partial charge on any atom is -0.497 e. The largest absolute Gasteiger partial charge is 0.497 e. The number of aromatic nitrogens is 2. The quantitative estimate of drug-likeness (QED) is 0.719. The van der Waals surface area contributed by atoms with Gasteiger partial charge in [0, 0.05) is 18.8 Å². The van der Waals surface area contributed by atoms with Crippen molar-refractivity contribution < 1.29 is 9.53 Å². The molecule has 2 aromatic rings. The van der Waals surface area contributed by atoms with Crippen molar-refractivity contribution in [2.75, 3.05) is 25.5 Å². The number of rotatable bonds is 9. The van der Waals surface area contributed by atoms with E-state index in [2.05, 4.69) is 48.1 Å². The van der Waals surface area contributed by atoms with E-state index in [0.29, 0.717) is 22.5 Å². The second kappa shape index (κ2) is 9.64. The third-order valence-electron chi connectivity index (χ3n) is 3.61. The molecule has 6 nitrogen and oxygen atoms in total. The molecule has 1 N–H and O–H groups in total. The summed E-state index contributed by atoms with van der Waals surface area (Å²) in [6, 6.07) is 7.20. The van der Waals surface area contributed by atoms with Crippen LogP contribution < -0.4 is 10.1 Å². The summed E-state index contributed by atoms with van der Waals surface area (Å²) >= 11 is 1.35. The molecule has 7 heteroatoms. The van der Waals surface area contributed by atoms with Gasteiger partial charge in [0.25, 0.3) is 5.91 Å². The highest BCUT2D eigenvalue weighted by atomic mass is 32.1. The molecule has 0 aliphatic heterocycles. The van der Waals surface area contributed by atoms with E-state index in [0.717, 1.165) is 30.4 Å². The van der Waals surface area contributed by atoms with E-state index in [1.807, 2.05) is 0 Å². The van der Waals surface area contributed by atoms with E-state index in [1.54, 1.807) is 31.4 Å². The van der Waals surface area contributed by atoms with Crippen LogP contribution in [0.5, 0.6) is 5.75 Å². The van der Waals surface area contributed by atoms with Crippen LogP contribution in [0.1, 0.15) is 42.5 Å². The van der Waals surface area contributed by atoms with E-state index in [-0.39, 0.29) is 5.91 Å². The lowest BCUT2D eigenvalue weighted by Gasteiger charge is -2.24. The highest BCUT2D eigenvalue weighted by Gasteiger charge is 2.16. The molecule has 0 aliphatic carbocycles. The molecule has 1 aromatic heterocycles. The maximum Gasteiger partial charge on any atom is 0.286 e. The van der Waals surface area contributed by atoms with E-state index >= 15 is 0 Å². The fraction of sp³-hybridized carbons (Fsp3) is 0.526. The standard InChI is InChI=1S/C19H28N4O2S/c1-13(2)10-23(11-14(3)4)12-17-21-22-19(26-17)18(24)20-15-6-8-16(25-5)9-7-15/h6-9,13-14H,10-12H2,1-5H3,(H,20,24). The van der Waals surface area contributed by atoms with Gasteiger partial charge in [-0.05, 0) is 36.1 Å². The van der Waals surface area contributed by atoms with Crippen molar-refractivity contribution in [1.29, 1.82) is 0 Å². The Morgan fingerprint density at radius 3 is 2.27 bits per heavy atom. The zero-order chi connectivity index (χ0) is 19.1. The molecule has 0 spiro atoms. The summed E-state index contributed by atoms with van der Waals surface area (Å²) in [5, 5.41) is 12.4. The number of amides is 1. The van der Waals surface area contributed by atoms with Gasteiger partial charge in [-0.2, -0.15) is 0 Å². The van der Waals surface area contributed by atoms with Gasteiger partial charge in [0.15, 0.2) is 0 Å². The second-order valence-corrected chi connectivity index (χ2v) is 8.23. The van der Waals surface area contributed by atoms with Crippen LogP contribution in [0.25, 0.3) is 0 Å². The first-order chi connectivity index (χ1) is 12.4. The van der Waals surface area contributed by atoms with Crippen LogP contribution in [0.15, 0.2) is 24.3 Å². The monoisotopic (exact) mass is 376 g/mol. The van der Waals surface area contributed by atoms with E-state index in [4.69, 9.17) is 4.74 Å². The van der Waals surface area contributed by atoms with Gasteiger partial charge < -0.3 is 10.1 Å². The third-order valence-corrected chi connectivity index (χ3v) is 4.52. The minimum atomic E-state index is -0.238. The average Bonchev–Trinajstić information content (AvgIpc) is 3.03. The molecule has 0 atom stereocenters. The average molecular weight is 377 g/mol. The molecular weight excluding hydrogens is 348 g/mol. The molecule has 0 bridgehead atoms. The van der Waals surface area contributed by atoms with Crippen molar-refractivity contribution in [2.45, 2.75) is 34.2 Å². The summed E-state index contributed by atoms with van der Waals surface area (Å²) in [5.41, 5.74) is 0.703. The number of nitrogens with zero attached hydrogens (tertiary/aromatic N) is 3. The van der Waals surface area contributed by atoms with Gasteiger partial charge in [0.1, 0.15) is 10.8 Å². The van der Waals surface area contributed by atoms with Gasteiger partial charge in [-0.1, -0.05) is 39.0 Å². The fourth-order valence-corrected chi connectivity index (χ4v) is 3.47. The van der Waals surface area contributed by atoms with Crippen molar-refractivity contribution in [3.8, 4) is 5.75 Å². The molecule has 1 heterocycles. The van der Waals surface area contributed by atoms with Gasteiger partial charge in [-0.15, -0.1) is 10.2 Å². The molecule has 0 saturated carbocycles. The highest BCUT2D eigenvalue weighted by molar-refractivity contribution is 7.13. The number of nitrogens with one attached hydrogen (secondary N) is 1. The molecule has 1 aromatic carbocycles. The smallest absolute Gasteiger partial charge is 0.286 e. The van der Waals surface area contributed by atoms with Crippen LogP contribution >= 0.6 is 11.3 Å². The van der Waals surface area contributed by atoms with Crippen molar-refractivity contribution in [3.63, 3.8) is 0 Å². The Labute approximate surface area is 159 Å². The van der Waals surface area contributed by atoms with Crippen LogP contribution in [0.3, 0.4) is 0 Å². The number of benzene rings is 1.